The molecule has 0 spiro atoms. The third-order valence-electron chi connectivity index (χ3n) is 7.69. The van der Waals surface area contributed by atoms with E-state index in [9.17, 15) is 9.59 Å². The van der Waals surface area contributed by atoms with Crippen molar-refractivity contribution in [2.45, 2.75) is 87.5 Å². The van der Waals surface area contributed by atoms with Gasteiger partial charge in [-0.15, -0.1) is 0 Å². The van der Waals surface area contributed by atoms with Crippen LogP contribution in [0.1, 0.15) is 69.6 Å². The molecule has 0 fully saturated rings. The van der Waals surface area contributed by atoms with Crippen molar-refractivity contribution in [1.29, 1.82) is 0 Å². The zero-order chi connectivity index (χ0) is 34.8. The summed E-state index contributed by atoms with van der Waals surface area (Å²) < 4.78 is 27.5. The van der Waals surface area contributed by atoms with Crippen molar-refractivity contribution in [1.82, 2.24) is 0 Å². The molecule has 7 nitrogen and oxygen atoms in total. The largest absolute Gasteiger partial charge is 0.486 e. The topological polar surface area (TPSA) is 80.3 Å². The molecule has 0 N–H and O–H groups in total. The van der Waals surface area contributed by atoms with E-state index in [2.05, 4.69) is 67.6 Å². The highest BCUT2D eigenvalue weighted by Gasteiger charge is 2.15. The fraction of sp³-hybridized carbons (Fsp3) is 0.400. The van der Waals surface area contributed by atoms with Crippen LogP contribution in [0.25, 0.3) is 0 Å². The molecule has 1 aliphatic rings. The summed E-state index contributed by atoms with van der Waals surface area (Å²) in [5.74, 6) is 0.785. The average molecular weight is 705 g/mol. The average Bonchev–Trinajstić information content (AvgIpc) is 3.09. The van der Waals surface area contributed by atoms with Gasteiger partial charge in [0, 0.05) is 27.5 Å². The molecule has 0 unspecified atom stereocenters. The SMILES string of the molecule is CCCCc1ccc(Sc2ccc(OCC(=O)OCCCOCc3ccc(SC4=CC(C)=C(OCC(=O)OCC)CC4)cc3)c(C)c2)cc1. The van der Waals surface area contributed by atoms with Gasteiger partial charge in [0.2, 0.25) is 0 Å². The number of unbranched alkanes of at least 4 members (excludes halogenated alkanes) is 1. The molecule has 3 aromatic carbocycles. The molecular formula is C40H48O7S2. The lowest BCUT2D eigenvalue weighted by molar-refractivity contribution is -0.147. The maximum absolute atomic E-state index is 12.2. The van der Waals surface area contributed by atoms with Gasteiger partial charge in [-0.2, -0.15) is 0 Å². The summed E-state index contributed by atoms with van der Waals surface area (Å²) in [7, 11) is 0. The summed E-state index contributed by atoms with van der Waals surface area (Å²) >= 11 is 3.45. The lowest BCUT2D eigenvalue weighted by atomic mass is 10.1. The van der Waals surface area contributed by atoms with E-state index in [1.165, 1.54) is 28.2 Å². The maximum Gasteiger partial charge on any atom is 0.344 e. The van der Waals surface area contributed by atoms with Gasteiger partial charge in [-0.05, 0) is 116 Å². The Hall–Kier alpha value is -3.66. The first-order valence-electron chi connectivity index (χ1n) is 17.0. The standard InChI is InChI=1S/C40H48O7S2/c1-5-7-9-31-10-14-33(15-11-31)48-35-19-21-38(30(4)25-35)47-28-40(42)45-23-8-22-43-26-32-12-16-34(17-13-32)49-36-18-20-37(29(3)24-36)46-27-39(41)44-6-2/h10-17,19,21,24-25H,5-9,18,20,22-23,26-28H2,1-4H3. The van der Waals surface area contributed by atoms with Crippen LogP contribution in [0, 0.1) is 6.92 Å². The Kier molecular flexibility index (Phi) is 16.2. The third kappa shape index (κ3) is 13.6. The summed E-state index contributed by atoms with van der Waals surface area (Å²) in [4.78, 5) is 28.6. The Morgan fingerprint density at radius 3 is 2.08 bits per heavy atom. The van der Waals surface area contributed by atoms with E-state index in [0.717, 1.165) is 51.5 Å². The summed E-state index contributed by atoms with van der Waals surface area (Å²) in [6.07, 6.45) is 7.90. The first-order valence-corrected chi connectivity index (χ1v) is 18.6. The highest BCUT2D eigenvalue weighted by molar-refractivity contribution is 8.03. The van der Waals surface area contributed by atoms with Crippen LogP contribution in [-0.4, -0.2) is 45.0 Å². The minimum atomic E-state index is -0.395. The Balaban J connectivity index is 1.08. The molecule has 4 rings (SSSR count). The van der Waals surface area contributed by atoms with E-state index in [1.54, 1.807) is 30.4 Å². The molecule has 0 aromatic heterocycles. The quantitative estimate of drug-likeness (QED) is 0.0844. The number of benzene rings is 3. The number of hydrogen-bond acceptors (Lipinski definition) is 9. The number of allylic oxidation sites excluding steroid dienone is 4. The number of carbonyl (C=O) groups is 2. The number of ether oxygens (including phenoxy) is 5. The molecule has 262 valence electrons. The van der Waals surface area contributed by atoms with Crippen LogP contribution in [0.4, 0.5) is 0 Å². The smallest absolute Gasteiger partial charge is 0.344 e. The molecule has 0 atom stereocenters. The first kappa shape index (κ1) is 38.1. The molecule has 0 bridgehead atoms. The molecule has 0 aliphatic heterocycles. The molecule has 9 heteroatoms. The predicted octanol–water partition coefficient (Wildman–Crippen LogP) is 9.64. The number of carbonyl (C=O) groups excluding carboxylic acids is 2. The fourth-order valence-corrected chi connectivity index (χ4v) is 6.98. The number of rotatable bonds is 20. The van der Waals surface area contributed by atoms with Crippen LogP contribution in [0.15, 0.2) is 104 Å². The van der Waals surface area contributed by atoms with Crippen molar-refractivity contribution in [3.63, 3.8) is 0 Å². The molecule has 0 radical (unpaired) electrons. The van der Waals surface area contributed by atoms with Crippen LogP contribution < -0.4 is 4.74 Å². The second-order valence-corrected chi connectivity index (χ2v) is 14.1. The molecule has 0 heterocycles. The van der Waals surface area contributed by atoms with Gasteiger partial charge in [-0.1, -0.05) is 61.1 Å². The van der Waals surface area contributed by atoms with E-state index in [-0.39, 0.29) is 25.8 Å². The number of esters is 2. The molecule has 3 aromatic rings. The Bertz CT molecular complexity index is 1560. The first-order chi connectivity index (χ1) is 23.8. The Morgan fingerprint density at radius 1 is 0.714 bits per heavy atom. The normalized spacial score (nSPS) is 12.8. The predicted molar refractivity (Wildman–Crippen MR) is 196 cm³/mol. The highest BCUT2D eigenvalue weighted by Crippen LogP contribution is 2.36. The summed E-state index contributed by atoms with van der Waals surface area (Å²) in [5, 5.41) is 0. The van der Waals surface area contributed by atoms with Gasteiger partial charge in [-0.3, -0.25) is 0 Å². The van der Waals surface area contributed by atoms with Gasteiger partial charge in [-0.25, -0.2) is 9.59 Å². The van der Waals surface area contributed by atoms with Crippen molar-refractivity contribution < 1.29 is 33.3 Å². The van der Waals surface area contributed by atoms with Crippen LogP contribution in [0.2, 0.25) is 0 Å². The summed E-state index contributed by atoms with van der Waals surface area (Å²) in [5.41, 5.74) is 4.47. The Morgan fingerprint density at radius 2 is 1.39 bits per heavy atom. The van der Waals surface area contributed by atoms with Crippen molar-refractivity contribution >= 4 is 35.5 Å². The molecule has 0 saturated heterocycles. The summed E-state index contributed by atoms with van der Waals surface area (Å²) in [6, 6.07) is 23.1. The summed E-state index contributed by atoms with van der Waals surface area (Å²) in [6.45, 7) is 9.42. The molecule has 1 aliphatic carbocycles. The molecular weight excluding hydrogens is 657 g/mol. The van der Waals surface area contributed by atoms with Crippen molar-refractivity contribution in [3.05, 3.63) is 106 Å². The Labute approximate surface area is 299 Å². The van der Waals surface area contributed by atoms with Gasteiger partial charge >= 0.3 is 11.9 Å². The number of aryl methyl sites for hydroxylation is 2. The minimum absolute atomic E-state index is 0.0502. The molecule has 49 heavy (non-hydrogen) atoms. The van der Waals surface area contributed by atoms with Crippen LogP contribution in [-0.2, 0) is 41.6 Å². The fourth-order valence-electron chi connectivity index (χ4n) is 5.05. The molecule has 0 amide bonds. The van der Waals surface area contributed by atoms with Crippen molar-refractivity contribution in [2.75, 3.05) is 33.0 Å². The van der Waals surface area contributed by atoms with E-state index in [4.69, 9.17) is 23.7 Å². The minimum Gasteiger partial charge on any atom is -0.486 e. The van der Waals surface area contributed by atoms with Gasteiger partial charge in [0.15, 0.2) is 13.2 Å². The van der Waals surface area contributed by atoms with E-state index >= 15 is 0 Å². The molecule has 0 saturated carbocycles. The second-order valence-electron chi connectivity index (χ2n) is 11.7. The number of thioether (sulfide) groups is 1. The van der Waals surface area contributed by atoms with Gasteiger partial charge in [0.1, 0.15) is 11.5 Å². The lowest BCUT2D eigenvalue weighted by Crippen LogP contribution is -2.16. The van der Waals surface area contributed by atoms with Crippen LogP contribution in [0.3, 0.4) is 0 Å². The zero-order valence-electron chi connectivity index (χ0n) is 29.1. The van der Waals surface area contributed by atoms with E-state index in [1.807, 2.05) is 26.0 Å². The van der Waals surface area contributed by atoms with E-state index in [0.29, 0.717) is 32.0 Å². The van der Waals surface area contributed by atoms with Crippen LogP contribution >= 0.6 is 23.5 Å². The van der Waals surface area contributed by atoms with Gasteiger partial charge in [0.25, 0.3) is 0 Å². The number of hydrogen-bond donors (Lipinski definition) is 0. The van der Waals surface area contributed by atoms with Gasteiger partial charge < -0.3 is 23.7 Å². The lowest BCUT2D eigenvalue weighted by Gasteiger charge is -2.18. The van der Waals surface area contributed by atoms with Crippen molar-refractivity contribution in [3.8, 4) is 5.75 Å². The van der Waals surface area contributed by atoms with Crippen molar-refractivity contribution in [2.24, 2.45) is 0 Å². The van der Waals surface area contributed by atoms with E-state index < -0.39 is 5.97 Å². The van der Waals surface area contributed by atoms with Gasteiger partial charge in [0.05, 0.1) is 26.4 Å². The monoisotopic (exact) mass is 704 g/mol. The third-order valence-corrected chi connectivity index (χ3v) is 9.78. The highest BCUT2D eigenvalue weighted by atomic mass is 32.2. The second kappa shape index (κ2) is 20.8. The zero-order valence-corrected chi connectivity index (χ0v) is 30.7. The van der Waals surface area contributed by atoms with Crippen LogP contribution in [0.5, 0.6) is 5.75 Å². The maximum atomic E-state index is 12.2.